The van der Waals surface area contributed by atoms with E-state index in [2.05, 4.69) is 50.8 Å². The average Bonchev–Trinajstić information content (AvgIpc) is 2.99. The summed E-state index contributed by atoms with van der Waals surface area (Å²) in [5.74, 6) is -0.762. The molecule has 1 aliphatic heterocycles. The number of nitrogens with one attached hydrogen (secondary N) is 2. The molecule has 0 atom stereocenters. The number of benzene rings is 3. The molecular formula is C32H34N4O4. The lowest BCUT2D eigenvalue weighted by molar-refractivity contribution is 0.0388. The third kappa shape index (κ3) is 7.02. The Morgan fingerprint density at radius 2 is 1.75 bits per heavy atom. The maximum absolute atomic E-state index is 12.9. The van der Waals surface area contributed by atoms with Gasteiger partial charge in [-0.25, -0.2) is 4.79 Å². The number of amides is 1. The third-order valence-corrected chi connectivity index (χ3v) is 7.10. The normalized spacial score (nSPS) is 14.1. The van der Waals surface area contributed by atoms with Crippen molar-refractivity contribution in [2.45, 2.75) is 25.4 Å². The van der Waals surface area contributed by atoms with Crippen molar-refractivity contribution in [3.63, 3.8) is 0 Å². The highest BCUT2D eigenvalue weighted by atomic mass is 16.6. The van der Waals surface area contributed by atoms with Crippen molar-refractivity contribution < 1.29 is 19.1 Å². The summed E-state index contributed by atoms with van der Waals surface area (Å²) in [5, 5.41) is 9.05. The third-order valence-electron chi connectivity index (χ3n) is 7.10. The van der Waals surface area contributed by atoms with Gasteiger partial charge in [-0.05, 0) is 60.9 Å². The van der Waals surface area contributed by atoms with E-state index in [0.29, 0.717) is 23.8 Å². The number of pyridine rings is 1. The van der Waals surface area contributed by atoms with Crippen molar-refractivity contribution >= 4 is 34.0 Å². The van der Waals surface area contributed by atoms with E-state index in [1.165, 1.54) is 5.39 Å². The summed E-state index contributed by atoms with van der Waals surface area (Å²) in [6, 6.07) is 23.2. The Morgan fingerprint density at radius 3 is 2.60 bits per heavy atom. The largest absolute Gasteiger partial charge is 0.460 e. The molecule has 0 spiro atoms. The molecule has 1 aromatic heterocycles. The lowest BCUT2D eigenvalue weighted by atomic mass is 10.0. The van der Waals surface area contributed by atoms with E-state index in [-0.39, 0.29) is 12.5 Å². The molecule has 40 heavy (non-hydrogen) atoms. The minimum atomic E-state index is -0.484. The number of hydrogen-bond acceptors (Lipinski definition) is 7. The quantitative estimate of drug-likeness (QED) is 0.207. The Kier molecular flexibility index (Phi) is 9.00. The monoisotopic (exact) mass is 538 g/mol. The number of aromatic nitrogens is 1. The molecule has 1 saturated heterocycles. The van der Waals surface area contributed by atoms with Crippen molar-refractivity contribution in [3.05, 3.63) is 102 Å². The summed E-state index contributed by atoms with van der Waals surface area (Å²) in [5.41, 5.74) is 3.74. The van der Waals surface area contributed by atoms with Crippen LogP contribution in [0.1, 0.15) is 39.1 Å². The molecule has 4 aromatic rings. The van der Waals surface area contributed by atoms with Crippen LogP contribution in [-0.4, -0.2) is 61.2 Å². The highest BCUT2D eigenvalue weighted by Crippen LogP contribution is 2.25. The second-order valence-corrected chi connectivity index (χ2v) is 9.96. The number of carbonyl (C=O) groups is 2. The molecule has 0 unspecified atom stereocenters. The highest BCUT2D eigenvalue weighted by molar-refractivity contribution is 6.05. The summed E-state index contributed by atoms with van der Waals surface area (Å²) in [7, 11) is 1.54. The van der Waals surface area contributed by atoms with Crippen LogP contribution in [-0.2, 0) is 16.0 Å². The van der Waals surface area contributed by atoms with E-state index in [9.17, 15) is 9.59 Å². The van der Waals surface area contributed by atoms with E-state index >= 15 is 0 Å². The number of ether oxygens (including phenoxy) is 2. The van der Waals surface area contributed by atoms with Crippen molar-refractivity contribution in [3.8, 4) is 0 Å². The molecule has 8 heteroatoms. The standard InChI is InChI=1S/C32H34N4O4/c1-39-17-18-40-32(38)25-7-3-6-24(20-25)31(37)35-28-9-2-5-23(19-28)22-36-15-12-27(13-16-36)34-30-10-4-8-26-21-33-14-11-29(26)30/h2-11,14,19-21,27,34H,12-13,15-18,22H2,1H3,(H,35,37). The van der Waals surface area contributed by atoms with Crippen molar-refractivity contribution in [2.75, 3.05) is 44.0 Å². The number of methoxy groups -OCH3 is 1. The smallest absolute Gasteiger partial charge is 0.338 e. The van der Waals surface area contributed by atoms with Crippen LogP contribution in [0.25, 0.3) is 10.8 Å². The first-order valence-electron chi connectivity index (χ1n) is 13.6. The van der Waals surface area contributed by atoms with Gasteiger partial charge < -0.3 is 20.1 Å². The highest BCUT2D eigenvalue weighted by Gasteiger charge is 2.20. The van der Waals surface area contributed by atoms with Crippen molar-refractivity contribution in [2.24, 2.45) is 0 Å². The minimum absolute atomic E-state index is 0.162. The first kappa shape index (κ1) is 27.3. The molecule has 206 valence electrons. The van der Waals surface area contributed by atoms with E-state index < -0.39 is 5.97 Å². The number of likely N-dealkylation sites (tertiary alicyclic amines) is 1. The molecule has 1 fully saturated rings. The minimum Gasteiger partial charge on any atom is -0.460 e. The SMILES string of the molecule is COCCOC(=O)c1cccc(C(=O)Nc2cccc(CN3CCC(Nc4cccc5cnccc45)CC3)c2)c1. The van der Waals surface area contributed by atoms with E-state index in [1.807, 2.05) is 30.6 Å². The fraction of sp³-hybridized carbons (Fsp3) is 0.281. The summed E-state index contributed by atoms with van der Waals surface area (Å²) in [4.78, 5) is 31.8. The van der Waals surface area contributed by atoms with Crippen LogP contribution in [0.2, 0.25) is 0 Å². The fourth-order valence-corrected chi connectivity index (χ4v) is 5.00. The number of hydrogen-bond donors (Lipinski definition) is 2. The molecule has 8 nitrogen and oxygen atoms in total. The van der Waals surface area contributed by atoms with Crippen LogP contribution >= 0.6 is 0 Å². The summed E-state index contributed by atoms with van der Waals surface area (Å²) in [6.45, 7) is 3.29. The molecule has 3 aromatic carbocycles. The van der Waals surface area contributed by atoms with Gasteiger partial charge >= 0.3 is 5.97 Å². The molecule has 0 bridgehead atoms. The number of anilines is 2. The maximum atomic E-state index is 12.9. The predicted molar refractivity (Wildman–Crippen MR) is 157 cm³/mol. The van der Waals surface area contributed by atoms with Crippen LogP contribution in [0.5, 0.6) is 0 Å². The first-order valence-corrected chi connectivity index (χ1v) is 13.6. The number of rotatable bonds is 10. The zero-order chi connectivity index (χ0) is 27.7. The average molecular weight is 539 g/mol. The second-order valence-electron chi connectivity index (χ2n) is 9.96. The Morgan fingerprint density at radius 1 is 0.950 bits per heavy atom. The summed E-state index contributed by atoms with van der Waals surface area (Å²) >= 11 is 0. The Bertz CT molecular complexity index is 1460. The molecule has 1 aliphatic rings. The molecule has 0 aliphatic carbocycles. The van der Waals surface area contributed by atoms with E-state index in [0.717, 1.165) is 54.8 Å². The van der Waals surface area contributed by atoms with Gasteiger partial charge in [-0.1, -0.05) is 30.3 Å². The number of esters is 1. The van der Waals surface area contributed by atoms with Gasteiger partial charge in [0.15, 0.2) is 0 Å². The van der Waals surface area contributed by atoms with Crippen LogP contribution in [0, 0.1) is 0 Å². The number of piperidine rings is 1. The number of nitrogens with zero attached hydrogens (tertiary/aromatic N) is 2. The van der Waals surface area contributed by atoms with Crippen molar-refractivity contribution in [1.29, 1.82) is 0 Å². The Hall–Kier alpha value is -4.27. The van der Waals surface area contributed by atoms with Crippen LogP contribution in [0.3, 0.4) is 0 Å². The topological polar surface area (TPSA) is 92.8 Å². The number of carbonyl (C=O) groups excluding carboxylic acids is 2. The molecule has 2 N–H and O–H groups in total. The lowest BCUT2D eigenvalue weighted by Gasteiger charge is -2.33. The lowest BCUT2D eigenvalue weighted by Crippen LogP contribution is -2.38. The zero-order valence-electron chi connectivity index (χ0n) is 22.6. The molecule has 5 rings (SSSR count). The van der Waals surface area contributed by atoms with E-state index in [4.69, 9.17) is 9.47 Å². The molecule has 0 radical (unpaired) electrons. The Labute approximate surface area is 234 Å². The zero-order valence-corrected chi connectivity index (χ0v) is 22.6. The molecule has 1 amide bonds. The van der Waals surface area contributed by atoms with Gasteiger partial charge in [0.25, 0.3) is 5.91 Å². The predicted octanol–water partition coefficient (Wildman–Crippen LogP) is 5.37. The molecule has 0 saturated carbocycles. The van der Waals surface area contributed by atoms with Gasteiger partial charge in [-0.3, -0.25) is 14.7 Å². The molecular weight excluding hydrogens is 504 g/mol. The summed E-state index contributed by atoms with van der Waals surface area (Å²) in [6.07, 6.45) is 5.86. The van der Waals surface area contributed by atoms with Crippen LogP contribution in [0.15, 0.2) is 85.2 Å². The first-order chi connectivity index (χ1) is 19.6. The van der Waals surface area contributed by atoms with Gasteiger partial charge in [0.2, 0.25) is 0 Å². The number of fused-ring (bicyclic) bond motifs is 1. The van der Waals surface area contributed by atoms with Gasteiger partial charge in [0.1, 0.15) is 6.61 Å². The Balaban J connectivity index is 1.14. The molecule has 2 heterocycles. The van der Waals surface area contributed by atoms with Gasteiger partial charge in [-0.2, -0.15) is 0 Å². The van der Waals surface area contributed by atoms with Crippen molar-refractivity contribution in [1.82, 2.24) is 9.88 Å². The van der Waals surface area contributed by atoms with Gasteiger partial charge in [0.05, 0.1) is 12.2 Å². The van der Waals surface area contributed by atoms with Gasteiger partial charge in [0, 0.05) is 72.9 Å². The maximum Gasteiger partial charge on any atom is 0.338 e. The van der Waals surface area contributed by atoms with E-state index in [1.54, 1.807) is 31.4 Å². The fourth-order valence-electron chi connectivity index (χ4n) is 5.00. The second kappa shape index (κ2) is 13.2. The van der Waals surface area contributed by atoms with Gasteiger partial charge in [-0.15, -0.1) is 0 Å². The summed E-state index contributed by atoms with van der Waals surface area (Å²) < 4.78 is 10.1. The van der Waals surface area contributed by atoms with Crippen LogP contribution in [0.4, 0.5) is 11.4 Å². The van der Waals surface area contributed by atoms with Crippen LogP contribution < -0.4 is 10.6 Å².